The molecular formula is C59H83N5O8. The molecule has 0 aromatic heterocycles. The number of carbonyl (C=O) groups excluding carboxylic acids is 6. The molecule has 13 heteroatoms. The number of Topliss-reactive ketones (excluding diaryl/α,β-unsaturated/α-hetero) is 1. The van der Waals surface area contributed by atoms with Crippen molar-refractivity contribution in [2.45, 2.75) is 199 Å². The Kier molecular flexibility index (Phi) is 17.5. The van der Waals surface area contributed by atoms with E-state index in [1.54, 1.807) is 13.0 Å². The molecule has 5 aliphatic carbocycles. The Morgan fingerprint density at radius 1 is 0.764 bits per heavy atom. The number of hydrogen-bond acceptors (Lipinski definition) is 9. The van der Waals surface area contributed by atoms with Crippen LogP contribution in [0.1, 0.15) is 180 Å². The van der Waals surface area contributed by atoms with Gasteiger partial charge in [-0.2, -0.15) is 0 Å². The summed E-state index contributed by atoms with van der Waals surface area (Å²) in [5, 5.41) is 22.3. The maximum Gasteiger partial charge on any atom is 0.246 e. The number of nitrogens with one attached hydrogen (secondary N) is 4. The van der Waals surface area contributed by atoms with E-state index >= 15 is 0 Å². The number of ether oxygens (including phenoxy) is 1. The summed E-state index contributed by atoms with van der Waals surface area (Å²) in [6, 6.07) is 10.0. The van der Waals surface area contributed by atoms with Crippen LogP contribution in [0.25, 0.3) is 0 Å². The summed E-state index contributed by atoms with van der Waals surface area (Å²) in [6.45, 7) is 14.4. The lowest BCUT2D eigenvalue weighted by Crippen LogP contribution is -2.60. The molecule has 2 aromatic carbocycles. The SMILES string of the molecule is CC(C)[C@H](NC(=O)[C@H](N)CCCCNC(=O)COC1C#CCCCCC1)C(=O)C[C@@H](C)C(=O)Nc1ccc2c(c1)[C@@]1(C)CCC[C@](C)(C(=O)NC(=O)[C@@]3(C)CCC[C@]4(C)c5cc(O)ccc5CC[C@@H]34)[C@@H]1CC2. The second-order valence-electron chi connectivity index (χ2n) is 23.5. The van der Waals surface area contributed by atoms with Crippen molar-refractivity contribution in [1.29, 1.82) is 0 Å². The number of phenolic OH excluding ortho intramolecular Hbond substituents is 1. The quantitative estimate of drug-likeness (QED) is 0.0481. The minimum atomic E-state index is -0.837. The predicted octanol–water partition coefficient (Wildman–Crippen LogP) is 8.40. The highest BCUT2D eigenvalue weighted by molar-refractivity contribution is 6.01. The van der Waals surface area contributed by atoms with Gasteiger partial charge in [0.1, 0.15) is 18.5 Å². The number of amides is 5. The molecule has 7 N–H and O–H groups in total. The Morgan fingerprint density at radius 2 is 1.39 bits per heavy atom. The maximum atomic E-state index is 14.7. The lowest BCUT2D eigenvalue weighted by atomic mass is 9.49. The molecule has 0 saturated heterocycles. The van der Waals surface area contributed by atoms with Crippen LogP contribution < -0.4 is 27.0 Å². The molecular weight excluding hydrogens is 907 g/mol. The number of carbonyl (C=O) groups is 6. The summed E-state index contributed by atoms with van der Waals surface area (Å²) < 4.78 is 5.71. The smallest absolute Gasteiger partial charge is 0.246 e. The van der Waals surface area contributed by atoms with Crippen molar-refractivity contribution in [3.63, 3.8) is 0 Å². The van der Waals surface area contributed by atoms with Gasteiger partial charge in [0.25, 0.3) is 0 Å². The van der Waals surface area contributed by atoms with Crippen molar-refractivity contribution in [3.05, 3.63) is 58.7 Å². The van der Waals surface area contributed by atoms with Crippen LogP contribution in [0.15, 0.2) is 36.4 Å². The third kappa shape index (κ3) is 11.8. The molecule has 1 unspecified atom stereocenters. The molecule has 0 heterocycles. The number of unbranched alkanes of at least 4 members (excludes halogenated alkanes) is 1. The zero-order chi connectivity index (χ0) is 52.0. The highest BCUT2D eigenvalue weighted by Crippen LogP contribution is 2.60. The summed E-state index contributed by atoms with van der Waals surface area (Å²) in [5.41, 5.74) is 9.34. The lowest BCUT2D eigenvalue weighted by Gasteiger charge is -2.56. The van der Waals surface area contributed by atoms with Crippen molar-refractivity contribution >= 4 is 41.0 Å². The molecule has 0 radical (unpaired) electrons. The first-order valence-corrected chi connectivity index (χ1v) is 27.3. The van der Waals surface area contributed by atoms with Gasteiger partial charge in [0.2, 0.25) is 29.5 Å². The Morgan fingerprint density at radius 3 is 2.03 bits per heavy atom. The number of aromatic hydroxyl groups is 1. The number of nitrogens with two attached hydrogens (primary N) is 1. The first-order valence-electron chi connectivity index (χ1n) is 27.3. The van der Waals surface area contributed by atoms with Crippen LogP contribution in [0.2, 0.25) is 0 Å². The largest absolute Gasteiger partial charge is 0.508 e. The van der Waals surface area contributed by atoms with Crippen LogP contribution in [0.4, 0.5) is 5.69 Å². The standard InChI is InChI=1S/C59H83N5O8/c1-37(2)51(63-53(69)46(60)19-13-14-32-61-50(67)36-72-43-17-11-9-8-10-12-18-43)47(66)33-38(3)52(68)62-41-24-20-39-22-26-48-56(4,44(39)34-41)28-15-30-58(48,6)54(70)64-55(71)59(7)31-16-29-57(5)45-35-42(65)25-21-40(45)23-27-49(57)59/h20-21,24-25,34-35,37-38,43,46,48-49,51,65H,8-11,13-17,19,22-23,26-33,36,60H2,1-7H3,(H,61,67)(H,62,68)(H,63,69)(H,64,70,71)/t38-,43?,46-,48-,49-,51+,56-,57-,58+,59+/m1/s1. The number of fused-ring (bicyclic) bond motifs is 6. The Bertz CT molecular complexity index is 2430. The number of anilines is 1. The van der Waals surface area contributed by atoms with Crippen LogP contribution in [0.3, 0.4) is 0 Å². The topological polar surface area (TPSA) is 206 Å². The van der Waals surface area contributed by atoms with E-state index in [0.29, 0.717) is 44.3 Å². The van der Waals surface area contributed by atoms with Gasteiger partial charge in [0, 0.05) is 31.0 Å². The number of rotatable bonds is 18. The minimum Gasteiger partial charge on any atom is -0.508 e. The van der Waals surface area contributed by atoms with E-state index in [9.17, 15) is 33.9 Å². The predicted molar refractivity (Wildman–Crippen MR) is 280 cm³/mol. The Labute approximate surface area is 428 Å². The normalized spacial score (nSPS) is 28.8. The van der Waals surface area contributed by atoms with Crippen LogP contribution in [-0.4, -0.2) is 71.8 Å². The zero-order valence-corrected chi connectivity index (χ0v) is 44.2. The number of hydrogen-bond donors (Lipinski definition) is 6. The summed E-state index contributed by atoms with van der Waals surface area (Å²) in [5.74, 6) is 3.94. The summed E-state index contributed by atoms with van der Waals surface area (Å²) in [6.07, 6.45) is 14.4. The van der Waals surface area contributed by atoms with E-state index in [4.69, 9.17) is 10.5 Å². The average molecular weight is 990 g/mol. The van der Waals surface area contributed by atoms with Gasteiger partial charge < -0.3 is 31.5 Å². The van der Waals surface area contributed by atoms with Gasteiger partial charge in [-0.1, -0.05) is 85.8 Å². The summed E-state index contributed by atoms with van der Waals surface area (Å²) in [7, 11) is 0. The van der Waals surface area contributed by atoms with E-state index in [-0.39, 0.29) is 82.9 Å². The molecule has 5 amide bonds. The zero-order valence-electron chi connectivity index (χ0n) is 44.2. The van der Waals surface area contributed by atoms with E-state index < -0.39 is 34.7 Å². The van der Waals surface area contributed by atoms with Crippen LogP contribution >= 0.6 is 0 Å². The van der Waals surface area contributed by atoms with Gasteiger partial charge in [0.05, 0.1) is 22.9 Å². The van der Waals surface area contributed by atoms with E-state index in [1.807, 2.05) is 52.0 Å². The maximum absolute atomic E-state index is 14.7. The summed E-state index contributed by atoms with van der Waals surface area (Å²) >= 11 is 0. The monoisotopic (exact) mass is 990 g/mol. The fraction of sp³-hybridized carbons (Fsp3) is 0.661. The van der Waals surface area contributed by atoms with Gasteiger partial charge in [0.15, 0.2) is 5.78 Å². The van der Waals surface area contributed by atoms with Crippen molar-refractivity contribution in [1.82, 2.24) is 16.0 Å². The van der Waals surface area contributed by atoms with Crippen LogP contribution in [0.5, 0.6) is 5.75 Å². The van der Waals surface area contributed by atoms with E-state index in [1.165, 1.54) is 11.1 Å². The number of phenols is 1. The molecule has 2 fully saturated rings. The number of benzene rings is 2. The average Bonchev–Trinajstić information content (AvgIpc) is 3.32. The second-order valence-corrected chi connectivity index (χ2v) is 23.5. The van der Waals surface area contributed by atoms with Gasteiger partial charge in [-0.3, -0.25) is 34.1 Å². The van der Waals surface area contributed by atoms with Gasteiger partial charge in [-0.05, 0) is 165 Å². The molecule has 0 aliphatic heterocycles. The third-order valence-electron chi connectivity index (χ3n) is 18.0. The lowest BCUT2D eigenvalue weighted by molar-refractivity contribution is -0.150. The highest BCUT2D eigenvalue weighted by Gasteiger charge is 2.58. The molecule has 5 aliphatic rings. The number of aryl methyl sites for hydroxylation is 2. The Balaban J connectivity index is 0.907. The van der Waals surface area contributed by atoms with Crippen molar-refractivity contribution in [3.8, 4) is 17.6 Å². The van der Waals surface area contributed by atoms with Crippen molar-refractivity contribution in [2.75, 3.05) is 18.5 Å². The fourth-order valence-electron chi connectivity index (χ4n) is 13.8. The van der Waals surface area contributed by atoms with Crippen molar-refractivity contribution < 1.29 is 38.6 Å². The number of ketones is 1. The van der Waals surface area contributed by atoms with E-state index in [2.05, 4.69) is 53.0 Å². The molecule has 13 nitrogen and oxygen atoms in total. The molecule has 0 spiro atoms. The second kappa shape index (κ2) is 23.0. The Hall–Kier alpha value is -5.06. The molecule has 2 aromatic rings. The van der Waals surface area contributed by atoms with Crippen LogP contribution in [-0.2, 0) is 57.2 Å². The fourth-order valence-corrected chi connectivity index (χ4v) is 13.8. The molecule has 72 heavy (non-hydrogen) atoms. The molecule has 0 bridgehead atoms. The molecule has 7 rings (SSSR count). The first-order chi connectivity index (χ1) is 34.2. The van der Waals surface area contributed by atoms with Gasteiger partial charge >= 0.3 is 0 Å². The molecule has 10 atom stereocenters. The molecule has 2 saturated carbocycles. The number of imide groups is 1. The summed E-state index contributed by atoms with van der Waals surface area (Å²) in [4.78, 5) is 82.3. The van der Waals surface area contributed by atoms with Gasteiger partial charge in [-0.15, -0.1) is 5.92 Å². The molecule has 392 valence electrons. The van der Waals surface area contributed by atoms with E-state index in [0.717, 1.165) is 94.6 Å². The van der Waals surface area contributed by atoms with Crippen LogP contribution in [0, 0.1) is 46.3 Å². The third-order valence-corrected chi connectivity index (χ3v) is 18.0. The first kappa shape index (κ1) is 54.7. The van der Waals surface area contributed by atoms with Gasteiger partial charge in [-0.25, -0.2) is 0 Å². The highest BCUT2D eigenvalue weighted by atomic mass is 16.5. The minimum absolute atomic E-state index is 0.0289. The van der Waals surface area contributed by atoms with Crippen molar-refractivity contribution in [2.24, 2.45) is 40.2 Å².